The van der Waals surface area contributed by atoms with E-state index in [-0.39, 0.29) is 77.6 Å². The predicted molar refractivity (Wildman–Crippen MR) is 254 cm³/mol. The maximum absolute atomic E-state index is 15.3. The molecule has 5 heterocycles. The molecule has 0 aliphatic carbocycles. The molecular weight excluding hydrogens is 920 g/mol. The number of phenols is 2. The predicted octanol–water partition coefficient (Wildman–Crippen LogP) is 4.16. The van der Waals surface area contributed by atoms with Crippen LogP contribution in [0.4, 0.5) is 10.1 Å². The third kappa shape index (κ3) is 10.7. The fourth-order valence-electron chi connectivity index (χ4n) is 9.81. The van der Waals surface area contributed by atoms with E-state index in [2.05, 4.69) is 10.2 Å². The van der Waals surface area contributed by atoms with Gasteiger partial charge in [-0.25, -0.2) is 4.39 Å². The number of phenolic OH excluding ortho intramolecular Hbond substituents is 2. The summed E-state index contributed by atoms with van der Waals surface area (Å²) in [6.07, 6.45) is 1.41. The van der Waals surface area contributed by atoms with Gasteiger partial charge in [-0.15, -0.1) is 0 Å². The number of imide groups is 2. The number of piperidine rings is 2. The van der Waals surface area contributed by atoms with Crippen LogP contribution in [0.2, 0.25) is 0 Å². The van der Waals surface area contributed by atoms with Gasteiger partial charge in [-0.2, -0.15) is 0 Å². The Kier molecular flexibility index (Phi) is 14.9. The summed E-state index contributed by atoms with van der Waals surface area (Å²) in [7, 11) is 0. The molecule has 1 unspecified atom stereocenters. The lowest BCUT2D eigenvalue weighted by Gasteiger charge is -2.36. The van der Waals surface area contributed by atoms with E-state index in [0.29, 0.717) is 109 Å². The Morgan fingerprint density at radius 3 is 2.15 bits per heavy atom. The molecule has 1 atom stereocenters. The van der Waals surface area contributed by atoms with Gasteiger partial charge in [0.05, 0.1) is 56.0 Å². The maximum atomic E-state index is 15.3. The van der Waals surface area contributed by atoms with Gasteiger partial charge in [-0.05, 0) is 67.1 Å². The summed E-state index contributed by atoms with van der Waals surface area (Å²) in [4.78, 5) is 86.2. The normalized spacial score (nSPS) is 18.5. The number of likely N-dealkylation sites (tertiary alicyclic amines) is 1. The van der Waals surface area contributed by atoms with Gasteiger partial charge in [-0.1, -0.05) is 36.4 Å². The highest BCUT2D eigenvalue weighted by atomic mass is 19.1. The molecule has 3 fully saturated rings. The van der Waals surface area contributed by atoms with Gasteiger partial charge in [0.15, 0.2) is 0 Å². The molecule has 0 aromatic heterocycles. The van der Waals surface area contributed by atoms with Crippen LogP contribution in [0.1, 0.15) is 89.4 Å². The molecule has 3 saturated heterocycles. The molecular formula is C52H57FN6O12. The van der Waals surface area contributed by atoms with E-state index in [0.717, 1.165) is 33.7 Å². The number of halogens is 1. The molecule has 0 bridgehead atoms. The SMILES string of the molecule is Cc1c(O)cc(O)c(C(=O)N2Cc3ccc(C(=O)N4CCC(OCCOCCOCCN5CCN(c6cc7c(cc6F)C(=O)N(C6CCC(=O)NC6=O)C7=O)CC5)CC4)cc3C2)c1OCc1ccccc1. The molecule has 6 amide bonds. The van der Waals surface area contributed by atoms with E-state index < -0.39 is 41.4 Å². The number of ether oxygens (including phenoxy) is 4. The summed E-state index contributed by atoms with van der Waals surface area (Å²) in [5, 5.41) is 23.5. The third-order valence-electron chi connectivity index (χ3n) is 13.8. The lowest BCUT2D eigenvalue weighted by Crippen LogP contribution is -2.54. The topological polar surface area (TPSA) is 208 Å². The number of piperazine rings is 1. The fraction of sp³-hybridized carbons (Fsp3) is 0.423. The van der Waals surface area contributed by atoms with Crippen molar-refractivity contribution in [2.45, 2.75) is 64.4 Å². The van der Waals surface area contributed by atoms with Crippen LogP contribution in [0.25, 0.3) is 0 Å². The molecule has 5 aliphatic rings. The summed E-state index contributed by atoms with van der Waals surface area (Å²) >= 11 is 0. The fourth-order valence-corrected chi connectivity index (χ4v) is 9.81. The Hall–Kier alpha value is -6.93. The first-order chi connectivity index (χ1) is 34.3. The lowest BCUT2D eigenvalue weighted by atomic mass is 10.0. The van der Waals surface area contributed by atoms with E-state index in [1.165, 1.54) is 6.07 Å². The minimum absolute atomic E-state index is 0.00137. The van der Waals surface area contributed by atoms with Gasteiger partial charge < -0.3 is 43.9 Å². The third-order valence-corrected chi connectivity index (χ3v) is 13.8. The van der Waals surface area contributed by atoms with E-state index in [1.807, 2.05) is 52.3 Å². The van der Waals surface area contributed by atoms with Gasteiger partial charge in [0.1, 0.15) is 41.3 Å². The highest BCUT2D eigenvalue weighted by molar-refractivity contribution is 6.23. The number of aromatic hydroxyl groups is 2. The summed E-state index contributed by atoms with van der Waals surface area (Å²) < 4.78 is 39.0. The van der Waals surface area contributed by atoms with Crippen LogP contribution in [-0.2, 0) is 43.5 Å². The Morgan fingerprint density at radius 1 is 0.732 bits per heavy atom. The maximum Gasteiger partial charge on any atom is 0.262 e. The molecule has 4 aromatic carbocycles. The van der Waals surface area contributed by atoms with Crippen LogP contribution in [0.15, 0.2) is 66.7 Å². The number of hydrogen-bond donors (Lipinski definition) is 3. The Bertz CT molecular complexity index is 2700. The number of benzene rings is 4. The van der Waals surface area contributed by atoms with E-state index in [4.69, 9.17) is 18.9 Å². The largest absolute Gasteiger partial charge is 0.507 e. The lowest BCUT2D eigenvalue weighted by molar-refractivity contribution is -0.136. The molecule has 0 spiro atoms. The van der Waals surface area contributed by atoms with E-state index in [9.17, 15) is 39.0 Å². The number of carbonyl (C=O) groups is 6. The number of anilines is 1. The minimum atomic E-state index is -1.12. The van der Waals surface area contributed by atoms with Crippen LogP contribution in [0.5, 0.6) is 17.2 Å². The second-order valence-electron chi connectivity index (χ2n) is 18.4. The standard InChI is InChI=1S/C52H57FN6O12/c1-32-43(60)28-44(61)46(47(32)71-31-33-5-3-2-4-6-33)52(67)58-29-35-8-7-34(25-36(35)30-58)49(64)57-13-11-37(12-14-57)70-24-23-69-22-21-68-20-19-55-15-17-56(18-16-55)42-27-39-38(26-40(42)53)50(65)59(51(39)66)41-9-10-45(62)54-48(41)63/h2-8,25-28,37,41,60-61H,9-24,29-31H2,1H3,(H,54,62,63). The monoisotopic (exact) mass is 976 g/mol. The summed E-state index contributed by atoms with van der Waals surface area (Å²) in [5.41, 5.74) is 3.66. The average Bonchev–Trinajstić information content (AvgIpc) is 3.91. The van der Waals surface area contributed by atoms with Crippen molar-refractivity contribution in [3.8, 4) is 17.2 Å². The van der Waals surface area contributed by atoms with Gasteiger partial charge in [0.25, 0.3) is 23.6 Å². The van der Waals surface area contributed by atoms with Crippen LogP contribution in [0.3, 0.4) is 0 Å². The van der Waals surface area contributed by atoms with Crippen molar-refractivity contribution < 1.29 is 62.3 Å². The van der Waals surface area contributed by atoms with Gasteiger partial charge >= 0.3 is 0 Å². The smallest absolute Gasteiger partial charge is 0.262 e. The molecule has 374 valence electrons. The molecule has 5 aliphatic heterocycles. The zero-order valence-corrected chi connectivity index (χ0v) is 39.5. The molecule has 18 nitrogen and oxygen atoms in total. The average molecular weight is 977 g/mol. The van der Waals surface area contributed by atoms with Gasteiger partial charge in [0.2, 0.25) is 11.8 Å². The molecule has 0 radical (unpaired) electrons. The zero-order chi connectivity index (χ0) is 49.8. The van der Waals surface area contributed by atoms with Crippen molar-refractivity contribution >= 4 is 41.1 Å². The van der Waals surface area contributed by atoms with Crippen molar-refractivity contribution in [2.24, 2.45) is 0 Å². The van der Waals surface area contributed by atoms with Crippen LogP contribution in [0, 0.1) is 12.7 Å². The Morgan fingerprint density at radius 2 is 1.42 bits per heavy atom. The highest BCUT2D eigenvalue weighted by Gasteiger charge is 2.45. The summed E-state index contributed by atoms with van der Waals surface area (Å²) in [5.74, 6) is -4.19. The quantitative estimate of drug-likeness (QED) is 0.100. The number of fused-ring (bicyclic) bond motifs is 2. The first-order valence-corrected chi connectivity index (χ1v) is 24.1. The second-order valence-corrected chi connectivity index (χ2v) is 18.4. The number of amides is 6. The zero-order valence-electron chi connectivity index (χ0n) is 39.5. The molecule has 3 N–H and O–H groups in total. The molecule has 0 saturated carbocycles. The van der Waals surface area contributed by atoms with Crippen molar-refractivity contribution in [3.05, 3.63) is 117 Å². The number of nitrogens with one attached hydrogen (secondary N) is 1. The van der Waals surface area contributed by atoms with E-state index in [1.54, 1.807) is 17.9 Å². The Labute approximate surface area is 409 Å². The summed E-state index contributed by atoms with van der Waals surface area (Å²) in [6, 6.07) is 17.4. The summed E-state index contributed by atoms with van der Waals surface area (Å²) in [6.45, 7) is 8.46. The first-order valence-electron chi connectivity index (χ1n) is 24.1. The molecule has 71 heavy (non-hydrogen) atoms. The van der Waals surface area contributed by atoms with Crippen molar-refractivity contribution in [1.82, 2.24) is 24.9 Å². The Balaban J connectivity index is 0.642. The van der Waals surface area contributed by atoms with Crippen LogP contribution >= 0.6 is 0 Å². The van der Waals surface area contributed by atoms with Crippen LogP contribution in [-0.4, -0.2) is 156 Å². The number of nitrogens with zero attached hydrogens (tertiary/aromatic N) is 5. The number of carbonyl (C=O) groups excluding carboxylic acids is 6. The van der Waals surface area contributed by atoms with Crippen molar-refractivity contribution in [1.29, 1.82) is 0 Å². The minimum Gasteiger partial charge on any atom is -0.507 e. The van der Waals surface area contributed by atoms with E-state index >= 15 is 4.39 Å². The highest BCUT2D eigenvalue weighted by Crippen LogP contribution is 2.40. The van der Waals surface area contributed by atoms with Crippen LogP contribution < -0.4 is 15.0 Å². The molecule has 4 aromatic rings. The van der Waals surface area contributed by atoms with Crippen molar-refractivity contribution in [3.63, 3.8) is 0 Å². The molecule has 9 rings (SSSR count). The van der Waals surface area contributed by atoms with Crippen molar-refractivity contribution in [2.75, 3.05) is 83.7 Å². The number of hydrogen-bond acceptors (Lipinski definition) is 14. The first kappa shape index (κ1) is 49.1. The number of rotatable bonds is 17. The second kappa shape index (κ2) is 21.6. The van der Waals surface area contributed by atoms with Gasteiger partial charge in [-0.3, -0.25) is 43.9 Å². The molecule has 19 heteroatoms. The van der Waals surface area contributed by atoms with Gasteiger partial charge in [0, 0.05) is 82.5 Å².